The molecule has 0 amide bonds. The Morgan fingerprint density at radius 1 is 1.15 bits per heavy atom. The van der Waals surface area contributed by atoms with E-state index < -0.39 is 0 Å². The highest BCUT2D eigenvalue weighted by Gasteiger charge is 2.01. The van der Waals surface area contributed by atoms with Gasteiger partial charge in [-0.2, -0.15) is 0 Å². The number of nitrogens with zero attached hydrogens (tertiary/aromatic N) is 2. The fourth-order valence-electron chi connectivity index (χ4n) is 1.43. The first-order valence-electron chi connectivity index (χ1n) is 4.02. The number of fused-ring (bicyclic) bond motifs is 3. The molecule has 3 heteroatoms. The van der Waals surface area contributed by atoms with Crippen LogP contribution in [0.15, 0.2) is 36.0 Å². The predicted octanol–water partition coefficient (Wildman–Crippen LogP) is 2.84. The molecule has 0 atom stereocenters. The van der Waals surface area contributed by atoms with Crippen molar-refractivity contribution in [2.24, 2.45) is 0 Å². The Hall–Kier alpha value is -1.48. The molecule has 0 radical (unpaired) electrons. The summed E-state index contributed by atoms with van der Waals surface area (Å²) in [6, 6.07) is 5.97. The molecular formula is C10H6N2S. The van der Waals surface area contributed by atoms with Crippen LogP contribution in [0, 0.1) is 0 Å². The molecule has 62 valence electrons. The molecule has 3 rings (SSSR count). The second-order valence-electron chi connectivity index (χ2n) is 2.83. The largest absolute Gasteiger partial charge is 0.254 e. The first kappa shape index (κ1) is 6.97. The highest BCUT2D eigenvalue weighted by molar-refractivity contribution is 7.18. The van der Waals surface area contributed by atoms with Gasteiger partial charge in [0.05, 0.1) is 10.2 Å². The summed E-state index contributed by atoms with van der Waals surface area (Å²) in [7, 11) is 0. The van der Waals surface area contributed by atoms with Crippen molar-refractivity contribution < 1.29 is 0 Å². The molecule has 3 aromatic rings. The lowest BCUT2D eigenvalue weighted by Gasteiger charge is -1.95. The van der Waals surface area contributed by atoms with Crippen LogP contribution in [0.3, 0.4) is 0 Å². The number of rotatable bonds is 0. The third-order valence-corrected chi connectivity index (χ3v) is 2.98. The van der Waals surface area contributed by atoms with E-state index in [4.69, 9.17) is 0 Å². The van der Waals surface area contributed by atoms with Gasteiger partial charge >= 0.3 is 0 Å². The van der Waals surface area contributed by atoms with Gasteiger partial charge in [-0.05, 0) is 23.6 Å². The van der Waals surface area contributed by atoms with E-state index in [1.165, 1.54) is 10.1 Å². The summed E-state index contributed by atoms with van der Waals surface area (Å²) in [4.78, 5) is 8.66. The minimum Gasteiger partial charge on any atom is -0.254 e. The number of aromatic nitrogens is 2. The van der Waals surface area contributed by atoms with E-state index in [0.29, 0.717) is 0 Å². The maximum absolute atomic E-state index is 4.33. The monoisotopic (exact) mass is 186 g/mol. The fourth-order valence-corrected chi connectivity index (χ4v) is 2.30. The molecule has 0 saturated carbocycles. The van der Waals surface area contributed by atoms with E-state index in [9.17, 15) is 0 Å². The normalized spacial score (nSPS) is 11.1. The topological polar surface area (TPSA) is 25.8 Å². The highest BCUT2D eigenvalue weighted by atomic mass is 32.1. The lowest BCUT2D eigenvalue weighted by Crippen LogP contribution is -1.80. The molecule has 13 heavy (non-hydrogen) atoms. The van der Waals surface area contributed by atoms with E-state index in [2.05, 4.69) is 21.4 Å². The minimum absolute atomic E-state index is 0.970. The van der Waals surface area contributed by atoms with Crippen LogP contribution in [0.25, 0.3) is 21.1 Å². The summed E-state index contributed by atoms with van der Waals surface area (Å²) in [5, 5.41) is 3.25. The van der Waals surface area contributed by atoms with Gasteiger partial charge < -0.3 is 0 Å². The summed E-state index contributed by atoms with van der Waals surface area (Å²) in [5.41, 5.74) is 1.98. The molecule has 0 bridgehead atoms. The number of pyridine rings is 2. The van der Waals surface area contributed by atoms with Gasteiger partial charge in [0.1, 0.15) is 5.52 Å². The van der Waals surface area contributed by atoms with Crippen molar-refractivity contribution in [1.29, 1.82) is 0 Å². The molecule has 3 aromatic heterocycles. The summed E-state index contributed by atoms with van der Waals surface area (Å²) >= 11 is 1.71. The zero-order valence-corrected chi connectivity index (χ0v) is 7.58. The maximum atomic E-state index is 4.33. The summed E-state index contributed by atoms with van der Waals surface area (Å²) < 4.78 is 1.23. The van der Waals surface area contributed by atoms with Gasteiger partial charge in [-0.3, -0.25) is 9.97 Å². The van der Waals surface area contributed by atoms with Gasteiger partial charge in [-0.1, -0.05) is 0 Å². The number of hydrogen-bond acceptors (Lipinski definition) is 3. The average molecular weight is 186 g/mol. The molecule has 0 spiro atoms. The Labute approximate surface area is 78.9 Å². The zero-order valence-electron chi connectivity index (χ0n) is 6.77. The van der Waals surface area contributed by atoms with Crippen molar-refractivity contribution >= 4 is 32.5 Å². The average Bonchev–Trinajstić information content (AvgIpc) is 2.65. The maximum Gasteiger partial charge on any atom is 0.106 e. The van der Waals surface area contributed by atoms with E-state index >= 15 is 0 Å². The van der Waals surface area contributed by atoms with E-state index in [1.807, 2.05) is 24.5 Å². The van der Waals surface area contributed by atoms with Crippen molar-refractivity contribution in [3.05, 3.63) is 36.0 Å². The van der Waals surface area contributed by atoms with Gasteiger partial charge in [-0.25, -0.2) is 0 Å². The van der Waals surface area contributed by atoms with Crippen LogP contribution >= 0.6 is 11.3 Å². The van der Waals surface area contributed by atoms with Crippen LogP contribution in [0.4, 0.5) is 0 Å². The Kier molecular flexibility index (Phi) is 1.34. The van der Waals surface area contributed by atoms with Crippen molar-refractivity contribution in [2.45, 2.75) is 0 Å². The molecule has 0 aliphatic rings. The molecule has 0 aromatic carbocycles. The van der Waals surface area contributed by atoms with Crippen LogP contribution in [0.1, 0.15) is 0 Å². The number of thiophene rings is 1. The van der Waals surface area contributed by atoms with Gasteiger partial charge in [0.25, 0.3) is 0 Å². The Balaban J connectivity index is 2.65. The molecule has 3 heterocycles. The van der Waals surface area contributed by atoms with E-state index in [-0.39, 0.29) is 0 Å². The van der Waals surface area contributed by atoms with Gasteiger partial charge in [0.15, 0.2) is 0 Å². The Morgan fingerprint density at radius 2 is 2.15 bits per heavy atom. The van der Waals surface area contributed by atoms with Crippen molar-refractivity contribution in [3.63, 3.8) is 0 Å². The highest BCUT2D eigenvalue weighted by Crippen LogP contribution is 2.25. The van der Waals surface area contributed by atoms with Gasteiger partial charge in [0.2, 0.25) is 0 Å². The molecule has 0 saturated heterocycles. The first-order chi connectivity index (χ1) is 6.45. The molecular weight excluding hydrogens is 180 g/mol. The first-order valence-corrected chi connectivity index (χ1v) is 4.90. The second-order valence-corrected chi connectivity index (χ2v) is 3.75. The minimum atomic E-state index is 0.970. The zero-order chi connectivity index (χ0) is 8.67. The van der Waals surface area contributed by atoms with Crippen LogP contribution < -0.4 is 0 Å². The predicted molar refractivity (Wildman–Crippen MR) is 54.9 cm³/mol. The van der Waals surface area contributed by atoms with Crippen LogP contribution in [-0.2, 0) is 0 Å². The Morgan fingerprint density at radius 3 is 3.15 bits per heavy atom. The molecule has 0 aliphatic heterocycles. The third-order valence-electron chi connectivity index (χ3n) is 2.04. The van der Waals surface area contributed by atoms with E-state index in [1.54, 1.807) is 11.3 Å². The smallest absolute Gasteiger partial charge is 0.106 e. The lowest BCUT2D eigenvalue weighted by molar-refractivity contribution is 1.37. The molecule has 0 N–H and O–H groups in total. The SMILES string of the molecule is c1cnc2c(c1)ncc1ccsc12. The fraction of sp³-hybridized carbons (Fsp3) is 0. The quantitative estimate of drug-likeness (QED) is 0.539. The van der Waals surface area contributed by atoms with Gasteiger partial charge in [-0.15, -0.1) is 11.3 Å². The summed E-state index contributed by atoms with van der Waals surface area (Å²) in [5.74, 6) is 0. The molecule has 0 aliphatic carbocycles. The molecule has 2 nitrogen and oxygen atoms in total. The summed E-state index contributed by atoms with van der Waals surface area (Å²) in [6.45, 7) is 0. The van der Waals surface area contributed by atoms with Crippen LogP contribution in [-0.4, -0.2) is 9.97 Å². The standard InChI is InChI=1S/C10H6N2S/c1-2-8-9(11-4-1)10-7(6-12-8)3-5-13-10/h1-6H. The van der Waals surface area contributed by atoms with Crippen LogP contribution in [0.5, 0.6) is 0 Å². The second kappa shape index (κ2) is 2.50. The molecule has 0 fully saturated rings. The van der Waals surface area contributed by atoms with Crippen LogP contribution in [0.2, 0.25) is 0 Å². The third kappa shape index (κ3) is 0.939. The number of hydrogen-bond donors (Lipinski definition) is 0. The lowest BCUT2D eigenvalue weighted by atomic mass is 10.3. The summed E-state index contributed by atoms with van der Waals surface area (Å²) in [6.07, 6.45) is 3.71. The van der Waals surface area contributed by atoms with Crippen molar-refractivity contribution in [3.8, 4) is 0 Å². The van der Waals surface area contributed by atoms with Crippen molar-refractivity contribution in [1.82, 2.24) is 9.97 Å². The van der Waals surface area contributed by atoms with E-state index in [0.717, 1.165) is 11.0 Å². The Bertz CT molecular complexity index is 571. The van der Waals surface area contributed by atoms with Gasteiger partial charge in [0, 0.05) is 17.8 Å². The van der Waals surface area contributed by atoms with Crippen molar-refractivity contribution in [2.75, 3.05) is 0 Å². The molecule has 0 unspecified atom stereocenters.